The molecule has 0 saturated carbocycles. The molecule has 0 N–H and O–H groups in total. The summed E-state index contributed by atoms with van der Waals surface area (Å²) in [4.78, 5) is 12.1. The molecule has 0 aliphatic rings. The fraction of sp³-hybridized carbons (Fsp3) is 0.250. The third-order valence-electron chi connectivity index (χ3n) is 1.58. The molecule has 0 aliphatic carbocycles. The van der Waals surface area contributed by atoms with Crippen molar-refractivity contribution in [1.82, 2.24) is 20.1 Å². The first-order valence-electron chi connectivity index (χ1n) is 3.96. The number of aryl methyl sites for hydroxylation is 1. The zero-order chi connectivity index (χ0) is 9.97. The monoisotopic (exact) mass is 192 g/mol. The van der Waals surface area contributed by atoms with Crippen LogP contribution >= 0.6 is 0 Å². The van der Waals surface area contributed by atoms with E-state index in [-0.39, 0.29) is 0 Å². The molecule has 0 spiro atoms. The Morgan fingerprint density at radius 1 is 1.29 bits per heavy atom. The van der Waals surface area contributed by atoms with Crippen molar-refractivity contribution in [3.8, 4) is 17.4 Å². The summed E-state index contributed by atoms with van der Waals surface area (Å²) in [5, 5.41) is 3.72. The Morgan fingerprint density at radius 3 is 2.79 bits per heavy atom. The summed E-state index contributed by atoms with van der Waals surface area (Å²) in [6, 6.07) is 0. The molecule has 0 bridgehead atoms. The van der Waals surface area contributed by atoms with Gasteiger partial charge in [-0.1, -0.05) is 5.16 Å². The van der Waals surface area contributed by atoms with E-state index in [0.717, 1.165) is 0 Å². The first-order chi connectivity index (χ1) is 6.79. The van der Waals surface area contributed by atoms with E-state index in [2.05, 4.69) is 20.1 Å². The van der Waals surface area contributed by atoms with Crippen molar-refractivity contribution >= 4 is 0 Å². The van der Waals surface area contributed by atoms with Crippen LogP contribution in [0, 0.1) is 6.92 Å². The minimum Gasteiger partial charge on any atom is -0.480 e. The van der Waals surface area contributed by atoms with Crippen LogP contribution in [0.15, 0.2) is 16.9 Å². The Kier molecular flexibility index (Phi) is 2.10. The van der Waals surface area contributed by atoms with E-state index >= 15 is 0 Å². The van der Waals surface area contributed by atoms with E-state index < -0.39 is 0 Å². The van der Waals surface area contributed by atoms with Gasteiger partial charge in [0.2, 0.25) is 17.6 Å². The smallest absolute Gasteiger partial charge is 0.232 e. The second-order valence-corrected chi connectivity index (χ2v) is 2.58. The van der Waals surface area contributed by atoms with E-state index in [0.29, 0.717) is 23.3 Å². The summed E-state index contributed by atoms with van der Waals surface area (Å²) in [7, 11) is 1.52. The van der Waals surface area contributed by atoms with Gasteiger partial charge in [0.05, 0.1) is 19.5 Å². The van der Waals surface area contributed by atoms with Gasteiger partial charge in [0.1, 0.15) is 5.69 Å². The maximum Gasteiger partial charge on any atom is 0.232 e. The number of rotatable bonds is 2. The second kappa shape index (κ2) is 3.41. The highest BCUT2D eigenvalue weighted by molar-refractivity contribution is 5.46. The topological polar surface area (TPSA) is 73.9 Å². The van der Waals surface area contributed by atoms with Crippen LogP contribution < -0.4 is 4.74 Å². The highest BCUT2D eigenvalue weighted by Gasteiger charge is 2.08. The normalized spacial score (nSPS) is 10.1. The average Bonchev–Trinajstić information content (AvgIpc) is 2.65. The molecule has 2 rings (SSSR count). The van der Waals surface area contributed by atoms with Crippen molar-refractivity contribution in [2.45, 2.75) is 6.92 Å². The van der Waals surface area contributed by atoms with Crippen LogP contribution in [0.5, 0.6) is 5.88 Å². The molecular weight excluding hydrogens is 184 g/mol. The van der Waals surface area contributed by atoms with Gasteiger partial charge in [0, 0.05) is 6.92 Å². The van der Waals surface area contributed by atoms with Crippen LogP contribution in [0.4, 0.5) is 0 Å². The molecule has 0 saturated heterocycles. The van der Waals surface area contributed by atoms with Crippen molar-refractivity contribution in [2.24, 2.45) is 0 Å². The van der Waals surface area contributed by atoms with Crippen molar-refractivity contribution in [1.29, 1.82) is 0 Å². The Balaban J connectivity index is 2.41. The lowest BCUT2D eigenvalue weighted by molar-refractivity contribution is 0.391. The number of hydrogen-bond acceptors (Lipinski definition) is 6. The van der Waals surface area contributed by atoms with Crippen LogP contribution in [0.1, 0.15) is 5.89 Å². The van der Waals surface area contributed by atoms with Gasteiger partial charge in [-0.05, 0) is 0 Å². The molecule has 0 fully saturated rings. The zero-order valence-electron chi connectivity index (χ0n) is 7.76. The number of aromatic nitrogens is 4. The van der Waals surface area contributed by atoms with E-state index in [1.807, 2.05) is 0 Å². The predicted molar refractivity (Wildman–Crippen MR) is 46.6 cm³/mol. The van der Waals surface area contributed by atoms with Gasteiger partial charge in [0.25, 0.3) is 0 Å². The molecule has 6 nitrogen and oxygen atoms in total. The Hall–Kier alpha value is -1.98. The lowest BCUT2D eigenvalue weighted by atomic mass is 10.4. The third kappa shape index (κ3) is 1.54. The molecule has 0 atom stereocenters. The SMILES string of the molecule is COc1cncc(-c2noc(C)n2)n1. The highest BCUT2D eigenvalue weighted by Crippen LogP contribution is 2.14. The average molecular weight is 192 g/mol. The summed E-state index contributed by atoms with van der Waals surface area (Å²) < 4.78 is 9.75. The molecule has 72 valence electrons. The van der Waals surface area contributed by atoms with Crippen LogP contribution in [0.2, 0.25) is 0 Å². The molecule has 2 heterocycles. The molecule has 6 heteroatoms. The molecule has 14 heavy (non-hydrogen) atoms. The van der Waals surface area contributed by atoms with E-state index in [9.17, 15) is 0 Å². The first kappa shape index (κ1) is 8.61. The lowest BCUT2D eigenvalue weighted by Crippen LogP contribution is -1.92. The highest BCUT2D eigenvalue weighted by atomic mass is 16.5. The maximum atomic E-state index is 4.92. The summed E-state index contributed by atoms with van der Waals surface area (Å²) in [6.07, 6.45) is 3.06. The summed E-state index contributed by atoms with van der Waals surface area (Å²) in [5.74, 6) is 1.32. The van der Waals surface area contributed by atoms with Crippen molar-refractivity contribution < 1.29 is 9.26 Å². The summed E-state index contributed by atoms with van der Waals surface area (Å²) in [5.41, 5.74) is 0.529. The van der Waals surface area contributed by atoms with Gasteiger partial charge in [-0.15, -0.1) is 0 Å². The fourth-order valence-corrected chi connectivity index (χ4v) is 0.957. The van der Waals surface area contributed by atoms with Gasteiger partial charge >= 0.3 is 0 Å². The number of nitrogens with zero attached hydrogens (tertiary/aromatic N) is 4. The maximum absolute atomic E-state index is 4.92. The number of hydrogen-bond donors (Lipinski definition) is 0. The minimum atomic E-state index is 0.411. The van der Waals surface area contributed by atoms with Gasteiger partial charge in [0.15, 0.2) is 0 Å². The summed E-state index contributed by atoms with van der Waals surface area (Å²) >= 11 is 0. The minimum absolute atomic E-state index is 0.411. The second-order valence-electron chi connectivity index (χ2n) is 2.58. The number of ether oxygens (including phenoxy) is 1. The zero-order valence-corrected chi connectivity index (χ0v) is 7.76. The molecule has 0 radical (unpaired) electrons. The Bertz CT molecular complexity index is 440. The quantitative estimate of drug-likeness (QED) is 0.702. The third-order valence-corrected chi connectivity index (χ3v) is 1.58. The molecule has 2 aromatic rings. The number of methoxy groups -OCH3 is 1. The van der Waals surface area contributed by atoms with E-state index in [4.69, 9.17) is 9.26 Å². The molecule has 0 aromatic carbocycles. The Labute approximate surface area is 80.0 Å². The Morgan fingerprint density at radius 2 is 2.14 bits per heavy atom. The van der Waals surface area contributed by atoms with Crippen LogP contribution in [0.3, 0.4) is 0 Å². The molecule has 0 unspecified atom stereocenters. The molecule has 2 aromatic heterocycles. The predicted octanol–water partition coefficient (Wildman–Crippen LogP) is 0.844. The van der Waals surface area contributed by atoms with Gasteiger partial charge in [-0.2, -0.15) is 4.98 Å². The van der Waals surface area contributed by atoms with Crippen LogP contribution in [-0.4, -0.2) is 27.2 Å². The largest absolute Gasteiger partial charge is 0.480 e. The van der Waals surface area contributed by atoms with Crippen LogP contribution in [0.25, 0.3) is 11.5 Å². The van der Waals surface area contributed by atoms with Crippen molar-refractivity contribution in [3.63, 3.8) is 0 Å². The van der Waals surface area contributed by atoms with Crippen LogP contribution in [-0.2, 0) is 0 Å². The van der Waals surface area contributed by atoms with E-state index in [1.54, 1.807) is 13.1 Å². The van der Waals surface area contributed by atoms with Gasteiger partial charge < -0.3 is 9.26 Å². The molecular formula is C8H8N4O2. The lowest BCUT2D eigenvalue weighted by Gasteiger charge is -1.97. The standard InChI is InChI=1S/C8H8N4O2/c1-5-10-8(12-14-5)6-3-9-4-7(11-6)13-2/h3-4H,1-2H3. The van der Waals surface area contributed by atoms with Gasteiger partial charge in [-0.25, -0.2) is 4.98 Å². The van der Waals surface area contributed by atoms with Gasteiger partial charge in [-0.3, -0.25) is 4.98 Å². The van der Waals surface area contributed by atoms with Crippen molar-refractivity contribution in [3.05, 3.63) is 18.3 Å². The summed E-state index contributed by atoms with van der Waals surface area (Å²) in [6.45, 7) is 1.71. The molecule has 0 aliphatic heterocycles. The fourth-order valence-electron chi connectivity index (χ4n) is 0.957. The van der Waals surface area contributed by atoms with Crippen molar-refractivity contribution in [2.75, 3.05) is 7.11 Å². The van der Waals surface area contributed by atoms with E-state index in [1.165, 1.54) is 13.3 Å². The molecule has 0 amide bonds. The first-order valence-corrected chi connectivity index (χ1v) is 3.96.